The Morgan fingerprint density at radius 1 is 1.24 bits per heavy atom. The fraction of sp³-hybridized carbons (Fsp3) is 0.480. The monoisotopic (exact) mass is 476 g/mol. The molecule has 0 bridgehead atoms. The van der Waals surface area contributed by atoms with Crippen LogP contribution in [0.25, 0.3) is 10.9 Å². The molecule has 8 heteroatoms. The summed E-state index contributed by atoms with van der Waals surface area (Å²) in [5.41, 5.74) is 7.06. The van der Waals surface area contributed by atoms with Crippen molar-refractivity contribution < 1.29 is 4.79 Å². The van der Waals surface area contributed by atoms with Gasteiger partial charge in [-0.2, -0.15) is 5.10 Å². The summed E-state index contributed by atoms with van der Waals surface area (Å²) in [5, 5.41) is 6.76. The lowest BCUT2D eigenvalue weighted by atomic mass is 10.2. The molecule has 7 nitrogen and oxygen atoms in total. The number of carbonyl (C=O) groups excluding carboxylic acids is 1. The summed E-state index contributed by atoms with van der Waals surface area (Å²) in [7, 11) is 4.29. The zero-order valence-corrected chi connectivity index (χ0v) is 21.5. The van der Waals surface area contributed by atoms with Crippen molar-refractivity contribution in [1.29, 1.82) is 0 Å². The first-order valence-corrected chi connectivity index (χ1v) is 11.7. The molecule has 0 spiro atoms. The number of fused-ring (bicyclic) bond motifs is 1. The van der Waals surface area contributed by atoms with Crippen molar-refractivity contribution in [1.82, 2.24) is 24.6 Å². The van der Waals surface area contributed by atoms with Crippen LogP contribution in [0.2, 0.25) is 0 Å². The van der Waals surface area contributed by atoms with Gasteiger partial charge in [0.25, 0.3) is 0 Å². The quantitative estimate of drug-likeness (QED) is 0.280. The van der Waals surface area contributed by atoms with Crippen LogP contribution >= 0.6 is 11.6 Å². The molecule has 2 aromatic rings. The summed E-state index contributed by atoms with van der Waals surface area (Å²) >= 11 is 6.13. The molecule has 2 heterocycles. The second-order valence-corrected chi connectivity index (χ2v) is 7.74. The first kappa shape index (κ1) is 30.7. The van der Waals surface area contributed by atoms with Gasteiger partial charge in [-0.1, -0.05) is 37.6 Å². The number of hydrogen-bond donors (Lipinski definition) is 1. The highest BCUT2D eigenvalue weighted by Crippen LogP contribution is 2.19. The second-order valence-electron chi connectivity index (χ2n) is 7.30. The van der Waals surface area contributed by atoms with Gasteiger partial charge in [-0.3, -0.25) is 14.6 Å². The maximum atomic E-state index is 9.32. The van der Waals surface area contributed by atoms with E-state index in [-0.39, 0.29) is 0 Å². The van der Waals surface area contributed by atoms with Crippen LogP contribution in [-0.2, 0) is 17.9 Å². The van der Waals surface area contributed by atoms with E-state index in [1.807, 2.05) is 41.4 Å². The number of carbonyl (C=O) groups is 1. The zero-order valence-electron chi connectivity index (χ0n) is 20.7. The molecule has 0 aliphatic rings. The normalized spacial score (nSPS) is 11.5. The van der Waals surface area contributed by atoms with Gasteiger partial charge in [-0.05, 0) is 45.7 Å². The standard InChI is InChI=1S/C20H30ClN5.C3H7NO.C2H4/c1-5-8-17(21)9-7-12-26-20-15-22-11-10-18(20)19(23-26)16-25(4)14-13-24(3)6-2;4-2-1-3-5;1-2/h7-11,15H,5-6,12-14,16H2,1-4H3;3H,1-2,4H2;1-2H2/b9-7-,17-8+;;. The van der Waals surface area contributed by atoms with Crippen LogP contribution in [0.1, 0.15) is 32.4 Å². The molecule has 2 aromatic heterocycles. The number of halogens is 1. The van der Waals surface area contributed by atoms with Crippen LogP contribution in [0, 0.1) is 0 Å². The second kappa shape index (κ2) is 19.2. The van der Waals surface area contributed by atoms with Gasteiger partial charge in [0, 0.05) is 42.7 Å². The van der Waals surface area contributed by atoms with E-state index in [1.54, 1.807) is 0 Å². The molecular formula is C25H41ClN6O. The Morgan fingerprint density at radius 3 is 2.52 bits per heavy atom. The third kappa shape index (κ3) is 12.5. The molecule has 0 unspecified atom stereocenters. The van der Waals surface area contributed by atoms with Crippen molar-refractivity contribution in [3.63, 3.8) is 0 Å². The van der Waals surface area contributed by atoms with E-state index in [4.69, 9.17) is 22.4 Å². The van der Waals surface area contributed by atoms with Crippen molar-refractivity contribution >= 4 is 28.8 Å². The predicted molar refractivity (Wildman–Crippen MR) is 141 cm³/mol. The fourth-order valence-electron chi connectivity index (χ4n) is 2.78. The van der Waals surface area contributed by atoms with Crippen molar-refractivity contribution in [2.75, 3.05) is 40.3 Å². The molecule has 184 valence electrons. The number of allylic oxidation sites excluding steroid dienone is 4. The van der Waals surface area contributed by atoms with E-state index in [2.05, 4.69) is 55.9 Å². The van der Waals surface area contributed by atoms with Gasteiger partial charge in [-0.25, -0.2) is 0 Å². The van der Waals surface area contributed by atoms with Crippen LogP contribution in [0.3, 0.4) is 0 Å². The van der Waals surface area contributed by atoms with Gasteiger partial charge in [0.2, 0.25) is 0 Å². The van der Waals surface area contributed by atoms with Crippen LogP contribution in [0.4, 0.5) is 0 Å². The molecule has 2 N–H and O–H groups in total. The molecule has 0 aliphatic carbocycles. The predicted octanol–water partition coefficient (Wildman–Crippen LogP) is 4.24. The molecule has 0 saturated carbocycles. The number of rotatable bonds is 12. The Morgan fingerprint density at radius 2 is 1.94 bits per heavy atom. The highest BCUT2D eigenvalue weighted by atomic mass is 35.5. The van der Waals surface area contributed by atoms with E-state index in [1.165, 1.54) is 5.39 Å². The Kier molecular flexibility index (Phi) is 17.8. The minimum Gasteiger partial charge on any atom is -0.330 e. The van der Waals surface area contributed by atoms with E-state index >= 15 is 0 Å². The molecule has 0 radical (unpaired) electrons. The average Bonchev–Trinajstić information content (AvgIpc) is 3.17. The number of aldehydes is 1. The fourth-order valence-corrected chi connectivity index (χ4v) is 3.02. The van der Waals surface area contributed by atoms with Gasteiger partial charge in [0.15, 0.2) is 0 Å². The van der Waals surface area contributed by atoms with Crippen molar-refractivity contribution in [2.24, 2.45) is 5.73 Å². The summed E-state index contributed by atoms with van der Waals surface area (Å²) in [6.45, 7) is 15.4. The van der Waals surface area contributed by atoms with Crippen molar-refractivity contribution in [3.05, 3.63) is 60.6 Å². The number of nitrogens with zero attached hydrogens (tertiary/aromatic N) is 5. The van der Waals surface area contributed by atoms with Crippen LogP contribution in [0.15, 0.2) is 54.9 Å². The van der Waals surface area contributed by atoms with E-state index < -0.39 is 0 Å². The van der Waals surface area contributed by atoms with E-state index in [9.17, 15) is 4.79 Å². The molecule has 0 aromatic carbocycles. The van der Waals surface area contributed by atoms with Crippen molar-refractivity contribution in [3.8, 4) is 0 Å². The SMILES string of the molecule is C=C.CC/C=C(Cl)\C=C/Cn1nc(CN(C)CCN(C)CC)c2ccncc21.NCCC=O. The third-order valence-corrected chi connectivity index (χ3v) is 4.97. The van der Waals surface area contributed by atoms with E-state index in [0.717, 1.165) is 55.1 Å². The van der Waals surface area contributed by atoms with Gasteiger partial charge >= 0.3 is 0 Å². The summed E-state index contributed by atoms with van der Waals surface area (Å²) in [4.78, 5) is 18.2. The molecule has 0 amide bonds. The zero-order chi connectivity index (χ0) is 25.1. The first-order chi connectivity index (χ1) is 16.0. The smallest absolute Gasteiger partial charge is 0.121 e. The highest BCUT2D eigenvalue weighted by Gasteiger charge is 2.12. The number of likely N-dealkylation sites (N-methyl/N-ethyl adjacent to an activating group) is 2. The van der Waals surface area contributed by atoms with Crippen LogP contribution in [0.5, 0.6) is 0 Å². The van der Waals surface area contributed by atoms with Crippen LogP contribution < -0.4 is 5.73 Å². The van der Waals surface area contributed by atoms with Crippen LogP contribution in [-0.4, -0.2) is 71.1 Å². The minimum atomic E-state index is 0.476. The van der Waals surface area contributed by atoms with Crippen molar-refractivity contribution in [2.45, 2.75) is 39.8 Å². The van der Waals surface area contributed by atoms with E-state index in [0.29, 0.717) is 19.5 Å². The third-order valence-electron chi connectivity index (χ3n) is 4.69. The Balaban J connectivity index is 0.00000129. The summed E-state index contributed by atoms with van der Waals surface area (Å²) in [5.74, 6) is 0. The molecule has 33 heavy (non-hydrogen) atoms. The van der Waals surface area contributed by atoms with Gasteiger partial charge < -0.3 is 15.4 Å². The average molecular weight is 477 g/mol. The minimum absolute atomic E-state index is 0.476. The number of pyridine rings is 1. The maximum absolute atomic E-state index is 9.32. The number of hydrogen-bond acceptors (Lipinski definition) is 6. The Bertz CT molecular complexity index is 849. The van der Waals surface area contributed by atoms with Gasteiger partial charge in [0.05, 0.1) is 24.0 Å². The summed E-state index contributed by atoms with van der Waals surface area (Å²) < 4.78 is 2.00. The number of nitrogens with two attached hydrogens (primary N) is 1. The highest BCUT2D eigenvalue weighted by molar-refractivity contribution is 6.31. The van der Waals surface area contributed by atoms with Gasteiger partial charge in [0.1, 0.15) is 6.29 Å². The molecule has 0 aliphatic heterocycles. The van der Waals surface area contributed by atoms with Gasteiger partial charge in [-0.15, -0.1) is 13.2 Å². The Hall–Kier alpha value is -2.32. The molecule has 0 fully saturated rings. The Labute approximate surface area is 204 Å². The first-order valence-electron chi connectivity index (χ1n) is 11.3. The molecule has 0 atom stereocenters. The largest absolute Gasteiger partial charge is 0.330 e. The maximum Gasteiger partial charge on any atom is 0.121 e. The molecule has 0 saturated heterocycles. The molecular weight excluding hydrogens is 436 g/mol. The summed E-state index contributed by atoms with van der Waals surface area (Å²) in [6, 6.07) is 2.05. The topological polar surface area (TPSA) is 80.3 Å². The lowest BCUT2D eigenvalue weighted by Crippen LogP contribution is -2.30. The molecule has 2 rings (SSSR count). The lowest BCUT2D eigenvalue weighted by molar-refractivity contribution is -0.107. The summed E-state index contributed by atoms with van der Waals surface area (Å²) in [6.07, 6.45) is 11.9. The lowest BCUT2D eigenvalue weighted by Gasteiger charge is -2.20. The number of aromatic nitrogens is 3.